The van der Waals surface area contributed by atoms with E-state index in [0.717, 1.165) is 0 Å². The second-order valence-corrected chi connectivity index (χ2v) is 4.10. The van der Waals surface area contributed by atoms with E-state index in [1.54, 1.807) is 6.92 Å². The lowest BCUT2D eigenvalue weighted by atomic mass is 10.5. The Kier molecular flexibility index (Phi) is 3.10. The van der Waals surface area contributed by atoms with Crippen LogP contribution in [0.2, 0.25) is 0 Å². The van der Waals surface area contributed by atoms with E-state index in [0.29, 0.717) is 0 Å². The van der Waals surface area contributed by atoms with Crippen LogP contribution in [0.5, 0.6) is 0 Å². The molecule has 0 aliphatic heterocycles. The van der Waals surface area contributed by atoms with Gasteiger partial charge in [0.1, 0.15) is 0 Å². The summed E-state index contributed by atoms with van der Waals surface area (Å²) in [5, 5.41) is -0.498. The second kappa shape index (κ2) is 3.14. The highest BCUT2D eigenvalue weighted by Gasteiger charge is 2.15. The van der Waals surface area contributed by atoms with E-state index in [4.69, 9.17) is 5.73 Å². The van der Waals surface area contributed by atoms with Gasteiger partial charge < -0.3 is 5.73 Å². The van der Waals surface area contributed by atoms with E-state index >= 15 is 0 Å². The molecule has 0 heterocycles. The molecule has 0 aliphatic carbocycles. The van der Waals surface area contributed by atoms with Gasteiger partial charge in [-0.3, -0.25) is 0 Å². The van der Waals surface area contributed by atoms with Gasteiger partial charge in [0.2, 0.25) is 10.0 Å². The van der Waals surface area contributed by atoms with Crippen LogP contribution in [0, 0.1) is 0 Å². The van der Waals surface area contributed by atoms with Gasteiger partial charge in [-0.2, -0.15) is 0 Å². The van der Waals surface area contributed by atoms with Crippen LogP contribution in [-0.4, -0.2) is 27.3 Å². The van der Waals surface area contributed by atoms with Crippen LogP contribution in [0.1, 0.15) is 6.92 Å². The smallest absolute Gasteiger partial charge is 0.215 e. The van der Waals surface area contributed by atoms with Crippen molar-refractivity contribution >= 4 is 10.0 Å². The van der Waals surface area contributed by atoms with Gasteiger partial charge in [-0.1, -0.05) is 0 Å². The highest BCUT2D eigenvalue weighted by Crippen LogP contribution is 1.92. The van der Waals surface area contributed by atoms with Crippen LogP contribution in [0.4, 0.5) is 0 Å². The van der Waals surface area contributed by atoms with Crippen LogP contribution in [0.25, 0.3) is 0 Å². The number of hydrogen-bond acceptors (Lipinski definition) is 3. The van der Waals surface area contributed by atoms with Crippen LogP contribution >= 0.6 is 0 Å². The molecule has 0 amide bonds. The van der Waals surface area contributed by atoms with Crippen molar-refractivity contribution in [2.45, 2.75) is 12.2 Å². The number of hydrogen-bond donors (Lipinski definition) is 2. The van der Waals surface area contributed by atoms with Crippen LogP contribution in [-0.2, 0) is 10.0 Å². The summed E-state index contributed by atoms with van der Waals surface area (Å²) < 4.78 is 23.7. The molecule has 0 unspecified atom stereocenters. The summed E-state index contributed by atoms with van der Waals surface area (Å²) in [5.74, 6) is 0. The van der Waals surface area contributed by atoms with Gasteiger partial charge in [0.25, 0.3) is 0 Å². The molecule has 0 aromatic rings. The first-order valence-electron chi connectivity index (χ1n) is 2.67. The van der Waals surface area contributed by atoms with Gasteiger partial charge in [0, 0.05) is 6.54 Å². The molecule has 0 aliphatic rings. The van der Waals surface area contributed by atoms with Gasteiger partial charge in [-0.25, -0.2) is 13.1 Å². The van der Waals surface area contributed by atoms with Crippen molar-refractivity contribution in [1.29, 1.82) is 0 Å². The molecule has 0 bridgehead atoms. The Morgan fingerprint density at radius 1 is 1.67 bits per heavy atom. The summed E-state index contributed by atoms with van der Waals surface area (Å²) in [6.45, 7) is 1.72. The standard InChI is InChI=1S/C4H12N2O2S/c1-4(3-5)9(7,8)6-2/h4,6H,3,5H2,1-2H3/t4-/m1/s1. The molecule has 0 aromatic heterocycles. The summed E-state index contributed by atoms with van der Waals surface area (Å²) in [6, 6.07) is 0. The minimum absolute atomic E-state index is 0.156. The monoisotopic (exact) mass is 152 g/mol. The first-order valence-corrected chi connectivity index (χ1v) is 4.21. The molecule has 0 spiro atoms. The molecule has 0 aromatic carbocycles. The van der Waals surface area contributed by atoms with Crippen molar-refractivity contribution in [2.24, 2.45) is 5.73 Å². The van der Waals surface area contributed by atoms with Gasteiger partial charge in [0.15, 0.2) is 0 Å². The van der Waals surface area contributed by atoms with E-state index < -0.39 is 15.3 Å². The maximum atomic E-state index is 10.7. The summed E-state index contributed by atoms with van der Waals surface area (Å²) in [5.41, 5.74) is 5.11. The van der Waals surface area contributed by atoms with Crippen molar-refractivity contribution in [3.05, 3.63) is 0 Å². The second-order valence-electron chi connectivity index (χ2n) is 1.80. The van der Waals surface area contributed by atoms with Crippen LogP contribution in [0.3, 0.4) is 0 Å². The Labute approximate surface area is 55.5 Å². The molecule has 5 heteroatoms. The lowest BCUT2D eigenvalue weighted by Gasteiger charge is -2.07. The molecular formula is C4H12N2O2S. The zero-order chi connectivity index (χ0) is 7.49. The summed E-state index contributed by atoms with van der Waals surface area (Å²) >= 11 is 0. The predicted octanol–water partition coefficient (Wildman–Crippen LogP) is -1.12. The Morgan fingerprint density at radius 3 is 2.22 bits per heavy atom. The minimum Gasteiger partial charge on any atom is -0.329 e. The van der Waals surface area contributed by atoms with Crippen molar-refractivity contribution in [3.8, 4) is 0 Å². The molecule has 0 fully saturated rings. The van der Waals surface area contributed by atoms with E-state index in [9.17, 15) is 8.42 Å². The van der Waals surface area contributed by atoms with Crippen molar-refractivity contribution in [2.75, 3.05) is 13.6 Å². The molecule has 0 saturated carbocycles. The van der Waals surface area contributed by atoms with E-state index in [1.807, 2.05) is 0 Å². The van der Waals surface area contributed by atoms with E-state index in [2.05, 4.69) is 4.72 Å². The largest absolute Gasteiger partial charge is 0.329 e. The molecule has 0 rings (SSSR count). The fourth-order valence-corrected chi connectivity index (χ4v) is 0.984. The molecule has 9 heavy (non-hydrogen) atoms. The fourth-order valence-electron chi connectivity index (χ4n) is 0.328. The Morgan fingerprint density at radius 2 is 2.11 bits per heavy atom. The predicted molar refractivity (Wildman–Crippen MR) is 36.5 cm³/mol. The molecule has 4 nitrogen and oxygen atoms in total. The Balaban J connectivity index is 4.17. The fraction of sp³-hybridized carbons (Fsp3) is 1.00. The average molecular weight is 152 g/mol. The first-order chi connectivity index (χ1) is 4.04. The first kappa shape index (κ1) is 8.87. The molecule has 0 radical (unpaired) electrons. The van der Waals surface area contributed by atoms with Gasteiger partial charge in [-0.05, 0) is 14.0 Å². The van der Waals surface area contributed by atoms with Crippen molar-refractivity contribution in [3.63, 3.8) is 0 Å². The average Bonchev–Trinajstić information content (AvgIpc) is 1.86. The third kappa shape index (κ3) is 2.30. The third-order valence-electron chi connectivity index (χ3n) is 1.15. The SMILES string of the molecule is CNS(=O)(=O)[C@H](C)CN. The Bertz CT molecular complexity index is 163. The third-order valence-corrected chi connectivity index (χ3v) is 2.97. The van der Waals surface area contributed by atoms with Gasteiger partial charge in [-0.15, -0.1) is 0 Å². The molecule has 0 saturated heterocycles. The zero-order valence-corrected chi connectivity index (χ0v) is 6.40. The number of sulfonamides is 1. The number of rotatable bonds is 3. The van der Waals surface area contributed by atoms with Gasteiger partial charge in [0.05, 0.1) is 5.25 Å². The lowest BCUT2D eigenvalue weighted by Crippen LogP contribution is -2.34. The normalized spacial score (nSPS) is 15.4. The topological polar surface area (TPSA) is 72.2 Å². The number of nitrogens with two attached hydrogens (primary N) is 1. The van der Waals surface area contributed by atoms with Crippen molar-refractivity contribution < 1.29 is 8.42 Å². The minimum atomic E-state index is -3.12. The van der Waals surface area contributed by atoms with Crippen molar-refractivity contribution in [1.82, 2.24) is 4.72 Å². The van der Waals surface area contributed by atoms with Gasteiger partial charge >= 0.3 is 0 Å². The Hall–Kier alpha value is -0.130. The maximum absolute atomic E-state index is 10.7. The van der Waals surface area contributed by atoms with Crippen LogP contribution < -0.4 is 10.5 Å². The summed E-state index contributed by atoms with van der Waals surface area (Å²) in [4.78, 5) is 0. The summed E-state index contributed by atoms with van der Waals surface area (Å²) in [6.07, 6.45) is 0. The highest BCUT2D eigenvalue weighted by molar-refractivity contribution is 7.90. The van der Waals surface area contributed by atoms with E-state index in [-0.39, 0.29) is 6.54 Å². The van der Waals surface area contributed by atoms with E-state index in [1.165, 1.54) is 7.05 Å². The molecular weight excluding hydrogens is 140 g/mol. The molecule has 3 N–H and O–H groups in total. The molecule has 1 atom stereocenters. The zero-order valence-electron chi connectivity index (χ0n) is 5.59. The highest BCUT2D eigenvalue weighted by atomic mass is 32.2. The summed E-state index contributed by atoms with van der Waals surface area (Å²) in [7, 11) is -1.75. The molecule has 56 valence electrons. The van der Waals surface area contributed by atoms with Crippen LogP contribution in [0.15, 0.2) is 0 Å². The lowest BCUT2D eigenvalue weighted by molar-refractivity contribution is 0.576. The quantitative estimate of drug-likeness (QED) is 0.538. The number of nitrogens with one attached hydrogen (secondary N) is 1. The maximum Gasteiger partial charge on any atom is 0.215 e.